The third-order valence-corrected chi connectivity index (χ3v) is 3.69. The van der Waals surface area contributed by atoms with Crippen molar-refractivity contribution < 1.29 is 5.11 Å². The van der Waals surface area contributed by atoms with Crippen LogP contribution in [-0.2, 0) is 13.0 Å². The van der Waals surface area contributed by atoms with E-state index >= 15 is 0 Å². The quantitative estimate of drug-likeness (QED) is 0.782. The zero-order chi connectivity index (χ0) is 15.3. The van der Waals surface area contributed by atoms with Crippen LogP contribution in [0.25, 0.3) is 0 Å². The fourth-order valence-corrected chi connectivity index (χ4v) is 2.66. The normalized spacial score (nSPS) is 14.0. The Hall–Kier alpha value is -0.830. The van der Waals surface area contributed by atoms with Gasteiger partial charge in [0.25, 0.3) is 0 Å². The maximum absolute atomic E-state index is 9.84. The number of aromatic nitrogens is 2. The third-order valence-electron chi connectivity index (χ3n) is 3.69. The molecule has 0 bridgehead atoms. The molecule has 1 aromatic rings. The maximum Gasteiger partial charge on any atom is 0.0627 e. The summed E-state index contributed by atoms with van der Waals surface area (Å²) < 4.78 is 2.13. The molecule has 1 N–H and O–H groups in total. The first-order valence-corrected chi connectivity index (χ1v) is 7.93. The second kappa shape index (κ2) is 7.26. The minimum atomic E-state index is -0.564. The molecule has 0 aliphatic rings. The second-order valence-electron chi connectivity index (χ2n) is 7.34. The molecule has 20 heavy (non-hydrogen) atoms. The Morgan fingerprint density at radius 2 is 1.90 bits per heavy atom. The van der Waals surface area contributed by atoms with Crippen molar-refractivity contribution in [1.29, 1.82) is 0 Å². The largest absolute Gasteiger partial charge is 0.390 e. The highest BCUT2D eigenvalue weighted by molar-refractivity contribution is 5.09. The number of aliphatic hydroxyl groups is 1. The van der Waals surface area contributed by atoms with Crippen LogP contribution in [0, 0.1) is 18.8 Å². The molecular formula is C17H32N2O. The summed E-state index contributed by atoms with van der Waals surface area (Å²) in [6.07, 6.45) is 4.12. The van der Waals surface area contributed by atoms with Crippen molar-refractivity contribution in [2.24, 2.45) is 11.8 Å². The summed E-state index contributed by atoms with van der Waals surface area (Å²) in [5, 5.41) is 14.5. The van der Waals surface area contributed by atoms with E-state index in [1.165, 1.54) is 17.8 Å². The Morgan fingerprint density at radius 1 is 1.25 bits per heavy atom. The van der Waals surface area contributed by atoms with Gasteiger partial charge in [-0.3, -0.25) is 4.68 Å². The number of aryl methyl sites for hydroxylation is 3. The molecule has 0 radical (unpaired) electrons. The maximum atomic E-state index is 9.84. The van der Waals surface area contributed by atoms with E-state index in [2.05, 4.69) is 38.4 Å². The summed E-state index contributed by atoms with van der Waals surface area (Å²) >= 11 is 0. The summed E-state index contributed by atoms with van der Waals surface area (Å²) in [5.74, 6) is 1.24. The van der Waals surface area contributed by atoms with Crippen molar-refractivity contribution in [3.63, 3.8) is 0 Å². The smallest absolute Gasteiger partial charge is 0.0627 e. The molecule has 0 spiro atoms. The molecule has 0 fully saturated rings. The Morgan fingerprint density at radius 3 is 2.45 bits per heavy atom. The Balaban J connectivity index is 2.47. The minimum Gasteiger partial charge on any atom is -0.390 e. The van der Waals surface area contributed by atoms with E-state index in [0.29, 0.717) is 11.8 Å². The van der Waals surface area contributed by atoms with Crippen LogP contribution in [0.1, 0.15) is 65.3 Å². The van der Waals surface area contributed by atoms with Crippen LogP contribution in [0.5, 0.6) is 0 Å². The predicted molar refractivity (Wildman–Crippen MR) is 84.8 cm³/mol. The van der Waals surface area contributed by atoms with Crippen LogP contribution in [0.15, 0.2) is 6.07 Å². The van der Waals surface area contributed by atoms with E-state index in [1.807, 2.05) is 13.8 Å². The van der Waals surface area contributed by atoms with Gasteiger partial charge in [0.05, 0.1) is 11.3 Å². The first-order chi connectivity index (χ1) is 9.17. The molecule has 0 amide bonds. The van der Waals surface area contributed by atoms with E-state index in [1.54, 1.807) is 0 Å². The standard InChI is InChI=1S/C17H32N2O/c1-13(2)9-10-19-15(4)11-16(18-19)8-7-14(3)12-17(5,6)20/h11,13-14,20H,7-10,12H2,1-6H3. The summed E-state index contributed by atoms with van der Waals surface area (Å²) in [6.45, 7) is 13.6. The fraction of sp³-hybridized carbons (Fsp3) is 0.824. The Labute approximate surface area is 124 Å². The molecule has 0 aliphatic carbocycles. The molecule has 1 unspecified atom stereocenters. The van der Waals surface area contributed by atoms with E-state index in [9.17, 15) is 5.11 Å². The van der Waals surface area contributed by atoms with Crippen LogP contribution >= 0.6 is 0 Å². The van der Waals surface area contributed by atoms with Gasteiger partial charge in [0.1, 0.15) is 0 Å². The Bertz CT molecular complexity index is 402. The van der Waals surface area contributed by atoms with Gasteiger partial charge in [0, 0.05) is 12.2 Å². The number of hydrogen-bond acceptors (Lipinski definition) is 2. The van der Waals surface area contributed by atoms with Crippen molar-refractivity contribution in [1.82, 2.24) is 9.78 Å². The third kappa shape index (κ3) is 6.56. The van der Waals surface area contributed by atoms with Crippen molar-refractivity contribution in [3.05, 3.63) is 17.5 Å². The average molecular weight is 280 g/mol. The second-order valence-corrected chi connectivity index (χ2v) is 7.34. The van der Waals surface area contributed by atoms with Gasteiger partial charge in [-0.05, 0) is 64.4 Å². The molecule has 0 saturated carbocycles. The molecule has 1 heterocycles. The van der Waals surface area contributed by atoms with Gasteiger partial charge < -0.3 is 5.11 Å². The van der Waals surface area contributed by atoms with Gasteiger partial charge in [0.15, 0.2) is 0 Å². The minimum absolute atomic E-state index is 0.524. The lowest BCUT2D eigenvalue weighted by Gasteiger charge is -2.21. The first kappa shape index (κ1) is 17.2. The van der Waals surface area contributed by atoms with E-state index in [4.69, 9.17) is 5.10 Å². The molecule has 1 rings (SSSR count). The zero-order valence-electron chi connectivity index (χ0n) is 14.1. The van der Waals surface area contributed by atoms with E-state index in [0.717, 1.165) is 25.8 Å². The van der Waals surface area contributed by atoms with Gasteiger partial charge in [-0.1, -0.05) is 20.8 Å². The Kier molecular flexibility index (Phi) is 6.25. The van der Waals surface area contributed by atoms with Crippen molar-refractivity contribution >= 4 is 0 Å². The summed E-state index contributed by atoms with van der Waals surface area (Å²) in [5.41, 5.74) is 1.89. The highest BCUT2D eigenvalue weighted by atomic mass is 16.3. The molecule has 0 aliphatic heterocycles. The molecule has 1 atom stereocenters. The van der Waals surface area contributed by atoms with Gasteiger partial charge in [-0.25, -0.2) is 0 Å². The van der Waals surface area contributed by atoms with E-state index in [-0.39, 0.29) is 0 Å². The lowest BCUT2D eigenvalue weighted by molar-refractivity contribution is 0.0540. The number of rotatable bonds is 8. The fourth-order valence-electron chi connectivity index (χ4n) is 2.66. The van der Waals surface area contributed by atoms with Crippen molar-refractivity contribution in [3.8, 4) is 0 Å². The summed E-state index contributed by atoms with van der Waals surface area (Å²) in [6, 6.07) is 2.21. The van der Waals surface area contributed by atoms with Crippen molar-refractivity contribution in [2.45, 2.75) is 79.4 Å². The molecule has 3 nitrogen and oxygen atoms in total. The molecule has 0 saturated heterocycles. The van der Waals surface area contributed by atoms with Crippen LogP contribution in [-0.4, -0.2) is 20.5 Å². The molecule has 3 heteroatoms. The zero-order valence-corrected chi connectivity index (χ0v) is 14.1. The van der Waals surface area contributed by atoms with Gasteiger partial charge >= 0.3 is 0 Å². The molecule has 116 valence electrons. The summed E-state index contributed by atoms with van der Waals surface area (Å²) in [7, 11) is 0. The van der Waals surface area contributed by atoms with Gasteiger partial charge in [-0.15, -0.1) is 0 Å². The number of nitrogens with zero attached hydrogens (tertiary/aromatic N) is 2. The molecular weight excluding hydrogens is 248 g/mol. The van der Waals surface area contributed by atoms with Gasteiger partial charge in [-0.2, -0.15) is 5.10 Å². The summed E-state index contributed by atoms with van der Waals surface area (Å²) in [4.78, 5) is 0. The highest BCUT2D eigenvalue weighted by Crippen LogP contribution is 2.20. The van der Waals surface area contributed by atoms with Crippen LogP contribution < -0.4 is 0 Å². The lowest BCUT2D eigenvalue weighted by Crippen LogP contribution is -2.22. The molecule has 1 aromatic heterocycles. The SMILES string of the molecule is Cc1cc(CCC(C)CC(C)(C)O)nn1CCC(C)C. The van der Waals surface area contributed by atoms with Gasteiger partial charge in [0.2, 0.25) is 0 Å². The van der Waals surface area contributed by atoms with Crippen molar-refractivity contribution in [2.75, 3.05) is 0 Å². The average Bonchev–Trinajstić information content (AvgIpc) is 2.62. The first-order valence-electron chi connectivity index (χ1n) is 7.93. The van der Waals surface area contributed by atoms with Crippen LogP contribution in [0.2, 0.25) is 0 Å². The predicted octanol–water partition coefficient (Wildman–Crippen LogP) is 3.97. The number of hydrogen-bond donors (Lipinski definition) is 1. The van der Waals surface area contributed by atoms with Crippen LogP contribution in [0.3, 0.4) is 0 Å². The lowest BCUT2D eigenvalue weighted by atomic mass is 9.91. The monoisotopic (exact) mass is 280 g/mol. The highest BCUT2D eigenvalue weighted by Gasteiger charge is 2.17. The van der Waals surface area contributed by atoms with Crippen LogP contribution in [0.4, 0.5) is 0 Å². The topological polar surface area (TPSA) is 38.1 Å². The molecule has 0 aromatic carbocycles. The van der Waals surface area contributed by atoms with E-state index < -0.39 is 5.60 Å².